The van der Waals surface area contributed by atoms with Gasteiger partial charge < -0.3 is 11.1 Å². The van der Waals surface area contributed by atoms with Crippen molar-refractivity contribution in [2.75, 3.05) is 19.6 Å². The lowest BCUT2D eigenvalue weighted by Gasteiger charge is -2.45. The molecule has 4 nitrogen and oxygen atoms in total. The van der Waals surface area contributed by atoms with Crippen molar-refractivity contribution >= 4 is 5.91 Å². The van der Waals surface area contributed by atoms with Gasteiger partial charge in [0.2, 0.25) is 5.91 Å². The fourth-order valence-electron chi connectivity index (χ4n) is 3.86. The van der Waals surface area contributed by atoms with Crippen molar-refractivity contribution in [3.63, 3.8) is 0 Å². The Morgan fingerprint density at radius 1 is 1.24 bits per heavy atom. The summed E-state index contributed by atoms with van der Waals surface area (Å²) in [6.07, 6.45) is 1.29. The van der Waals surface area contributed by atoms with E-state index in [1.807, 2.05) is 37.3 Å². The van der Waals surface area contributed by atoms with Gasteiger partial charge in [0.05, 0.1) is 5.92 Å². The molecular formula is C21H35N3O. The number of piperidine rings is 1. The number of nitrogens with two attached hydrogens (primary N) is 1. The molecule has 1 saturated heterocycles. The van der Waals surface area contributed by atoms with Crippen LogP contribution in [-0.4, -0.2) is 36.0 Å². The predicted molar refractivity (Wildman–Crippen MR) is 104 cm³/mol. The van der Waals surface area contributed by atoms with Crippen LogP contribution in [0.15, 0.2) is 30.3 Å². The van der Waals surface area contributed by atoms with Crippen LogP contribution >= 0.6 is 0 Å². The third kappa shape index (κ3) is 5.29. The summed E-state index contributed by atoms with van der Waals surface area (Å²) in [7, 11) is 0. The minimum absolute atomic E-state index is 0.0301. The Hall–Kier alpha value is -1.39. The minimum Gasteiger partial charge on any atom is -0.354 e. The molecule has 0 saturated carbocycles. The lowest BCUT2D eigenvalue weighted by molar-refractivity contribution is -0.125. The van der Waals surface area contributed by atoms with Gasteiger partial charge in [0.1, 0.15) is 0 Å². The van der Waals surface area contributed by atoms with Gasteiger partial charge in [-0.2, -0.15) is 0 Å². The van der Waals surface area contributed by atoms with Crippen LogP contribution < -0.4 is 11.1 Å². The van der Waals surface area contributed by atoms with Gasteiger partial charge in [0.25, 0.3) is 0 Å². The molecule has 0 aromatic heterocycles. The van der Waals surface area contributed by atoms with Crippen LogP contribution in [0, 0.1) is 17.8 Å². The highest BCUT2D eigenvalue weighted by atomic mass is 16.1. The van der Waals surface area contributed by atoms with Crippen molar-refractivity contribution < 1.29 is 4.79 Å². The molecule has 1 aliphatic heterocycles. The third-order valence-corrected chi connectivity index (χ3v) is 5.56. The van der Waals surface area contributed by atoms with E-state index >= 15 is 0 Å². The van der Waals surface area contributed by atoms with E-state index in [-0.39, 0.29) is 23.4 Å². The van der Waals surface area contributed by atoms with Gasteiger partial charge in [-0.1, -0.05) is 51.1 Å². The van der Waals surface area contributed by atoms with Gasteiger partial charge in [-0.25, -0.2) is 0 Å². The Bertz CT molecular complexity index is 548. The smallest absolute Gasteiger partial charge is 0.224 e. The van der Waals surface area contributed by atoms with E-state index in [1.165, 1.54) is 6.42 Å². The third-order valence-electron chi connectivity index (χ3n) is 5.56. The molecule has 1 fully saturated rings. The number of nitrogens with one attached hydrogen (secondary N) is 1. The van der Waals surface area contributed by atoms with Crippen molar-refractivity contribution in [1.29, 1.82) is 0 Å². The summed E-state index contributed by atoms with van der Waals surface area (Å²) in [5, 5.41) is 3.14. The molecule has 4 heteroatoms. The van der Waals surface area contributed by atoms with Gasteiger partial charge >= 0.3 is 0 Å². The molecule has 25 heavy (non-hydrogen) atoms. The molecule has 3 N–H and O–H groups in total. The molecule has 1 heterocycles. The Balaban J connectivity index is 1.91. The van der Waals surface area contributed by atoms with Crippen LogP contribution in [-0.2, 0) is 4.79 Å². The molecular weight excluding hydrogens is 310 g/mol. The number of carbonyl (C=O) groups excluding carboxylic acids is 1. The van der Waals surface area contributed by atoms with E-state index in [4.69, 9.17) is 5.73 Å². The summed E-state index contributed by atoms with van der Waals surface area (Å²) in [6, 6.07) is 9.57. The number of carbonyl (C=O) groups is 1. The topological polar surface area (TPSA) is 58.4 Å². The molecule has 4 unspecified atom stereocenters. The first kappa shape index (κ1) is 19.9. The average Bonchev–Trinajstić information content (AvgIpc) is 2.58. The summed E-state index contributed by atoms with van der Waals surface area (Å²) >= 11 is 0. The zero-order valence-corrected chi connectivity index (χ0v) is 16.5. The van der Waals surface area contributed by atoms with Crippen molar-refractivity contribution in [3.8, 4) is 0 Å². The minimum atomic E-state index is -0.278. The lowest BCUT2D eigenvalue weighted by atomic mass is 9.87. The first-order valence-electron chi connectivity index (χ1n) is 9.54. The van der Waals surface area contributed by atoms with Crippen molar-refractivity contribution in [2.45, 2.75) is 52.6 Å². The lowest BCUT2D eigenvalue weighted by Crippen LogP contribution is -2.56. The van der Waals surface area contributed by atoms with Gasteiger partial charge in [-0.15, -0.1) is 0 Å². The zero-order chi connectivity index (χ0) is 18.6. The first-order chi connectivity index (χ1) is 11.7. The molecule has 1 aromatic rings. The van der Waals surface area contributed by atoms with Crippen LogP contribution in [0.25, 0.3) is 0 Å². The Morgan fingerprint density at radius 2 is 1.80 bits per heavy atom. The molecule has 1 aliphatic rings. The highest BCUT2D eigenvalue weighted by Gasteiger charge is 2.33. The number of hydrogen-bond donors (Lipinski definition) is 2. The van der Waals surface area contributed by atoms with Crippen LogP contribution in [0.1, 0.15) is 52.6 Å². The van der Waals surface area contributed by atoms with E-state index in [0.717, 1.165) is 18.7 Å². The first-order valence-corrected chi connectivity index (χ1v) is 9.54. The standard InChI is InChI=1S/C21H35N3O/c1-15-11-16(2)13-24(12-15)21(4,5)14-23-20(25)17(3)19(22)18-9-7-6-8-10-18/h6-10,15-17,19H,11-14,22H2,1-5H3,(H,23,25). The number of nitrogens with zero attached hydrogens (tertiary/aromatic N) is 1. The van der Waals surface area contributed by atoms with E-state index < -0.39 is 0 Å². The Morgan fingerprint density at radius 3 is 2.36 bits per heavy atom. The average molecular weight is 346 g/mol. The maximum absolute atomic E-state index is 12.6. The highest BCUT2D eigenvalue weighted by molar-refractivity contribution is 5.79. The summed E-state index contributed by atoms with van der Waals surface area (Å²) in [5.41, 5.74) is 7.24. The molecule has 1 aromatic carbocycles. The fraction of sp³-hybridized carbons (Fsp3) is 0.667. The molecule has 1 amide bonds. The summed E-state index contributed by atoms with van der Waals surface area (Å²) in [4.78, 5) is 15.1. The van der Waals surface area contributed by atoms with Gasteiger partial charge in [-0.05, 0) is 37.7 Å². The molecule has 0 bridgehead atoms. The van der Waals surface area contributed by atoms with Gasteiger partial charge in [0, 0.05) is 31.2 Å². The Labute approximate surface area is 153 Å². The molecule has 0 spiro atoms. The van der Waals surface area contributed by atoms with E-state index in [2.05, 4.69) is 37.9 Å². The van der Waals surface area contributed by atoms with Crippen molar-refractivity contribution in [1.82, 2.24) is 10.2 Å². The van der Waals surface area contributed by atoms with Crippen molar-refractivity contribution in [2.24, 2.45) is 23.5 Å². The molecule has 2 rings (SSSR count). The van der Waals surface area contributed by atoms with Gasteiger partial charge in [-0.3, -0.25) is 9.69 Å². The second-order valence-electron chi connectivity index (χ2n) is 8.61. The van der Waals surface area contributed by atoms with E-state index in [0.29, 0.717) is 18.4 Å². The monoisotopic (exact) mass is 345 g/mol. The second-order valence-corrected chi connectivity index (χ2v) is 8.61. The maximum atomic E-state index is 12.6. The SMILES string of the molecule is CC1CC(C)CN(C(C)(C)CNC(=O)C(C)C(N)c2ccccc2)C1. The van der Waals surface area contributed by atoms with Crippen LogP contribution in [0.3, 0.4) is 0 Å². The largest absolute Gasteiger partial charge is 0.354 e. The number of benzene rings is 1. The number of amides is 1. The van der Waals surface area contributed by atoms with E-state index in [9.17, 15) is 4.79 Å². The van der Waals surface area contributed by atoms with Crippen molar-refractivity contribution in [3.05, 3.63) is 35.9 Å². The summed E-state index contributed by atoms with van der Waals surface area (Å²) in [5.74, 6) is 1.20. The highest BCUT2D eigenvalue weighted by Crippen LogP contribution is 2.27. The van der Waals surface area contributed by atoms with Gasteiger partial charge in [0.15, 0.2) is 0 Å². The maximum Gasteiger partial charge on any atom is 0.224 e. The fourth-order valence-corrected chi connectivity index (χ4v) is 3.86. The second kappa shape index (κ2) is 8.33. The summed E-state index contributed by atoms with van der Waals surface area (Å²) < 4.78 is 0. The van der Waals surface area contributed by atoms with Crippen LogP contribution in [0.4, 0.5) is 0 Å². The predicted octanol–water partition coefficient (Wildman–Crippen LogP) is 3.20. The zero-order valence-electron chi connectivity index (χ0n) is 16.5. The van der Waals surface area contributed by atoms with Crippen LogP contribution in [0.5, 0.6) is 0 Å². The number of hydrogen-bond acceptors (Lipinski definition) is 3. The van der Waals surface area contributed by atoms with Crippen LogP contribution in [0.2, 0.25) is 0 Å². The molecule has 0 radical (unpaired) electrons. The number of rotatable bonds is 6. The quantitative estimate of drug-likeness (QED) is 0.832. The molecule has 4 atom stereocenters. The summed E-state index contributed by atoms with van der Waals surface area (Å²) in [6.45, 7) is 13.8. The Kier molecular flexibility index (Phi) is 6.64. The van der Waals surface area contributed by atoms with E-state index in [1.54, 1.807) is 0 Å². The molecule has 140 valence electrons. The molecule has 0 aliphatic carbocycles. The normalized spacial score (nSPS) is 24.6. The number of likely N-dealkylation sites (tertiary alicyclic amines) is 1.